The molecule has 8 heteroatoms. The molecule has 3 rings (SSSR count). The molecule has 0 saturated heterocycles. The molecule has 0 aliphatic rings. The number of hydrogen-bond acceptors (Lipinski definition) is 4. The minimum absolute atomic E-state index is 0.116. The van der Waals surface area contributed by atoms with Crippen molar-refractivity contribution in [3.05, 3.63) is 71.8 Å². The Balaban J connectivity index is 1.89. The van der Waals surface area contributed by atoms with E-state index in [1.165, 1.54) is 42.5 Å². The van der Waals surface area contributed by atoms with E-state index in [4.69, 9.17) is 0 Å². The molecule has 2 N–H and O–H groups in total. The SMILES string of the molecule is Cc1nc(Nc2cccc(F)c2)cc(Nc2ccccc2C(F)(F)F)n1. The topological polar surface area (TPSA) is 49.8 Å². The van der Waals surface area contributed by atoms with Gasteiger partial charge in [0.15, 0.2) is 0 Å². The van der Waals surface area contributed by atoms with Gasteiger partial charge in [-0.3, -0.25) is 0 Å². The molecule has 0 bridgehead atoms. The standard InChI is InChI=1S/C18H14F4N4/c1-11-23-16(25-13-6-4-5-12(19)9-13)10-17(24-11)26-15-8-3-2-7-14(15)18(20,21)22/h2-10H,1H3,(H2,23,24,25,26). The van der Waals surface area contributed by atoms with Crippen molar-refractivity contribution < 1.29 is 17.6 Å². The molecular weight excluding hydrogens is 348 g/mol. The van der Waals surface area contributed by atoms with Crippen molar-refractivity contribution in [1.29, 1.82) is 0 Å². The number of benzene rings is 2. The highest BCUT2D eigenvalue weighted by Gasteiger charge is 2.33. The van der Waals surface area contributed by atoms with E-state index in [0.29, 0.717) is 17.3 Å². The molecule has 0 amide bonds. The third-order valence-electron chi connectivity index (χ3n) is 3.43. The molecule has 0 spiro atoms. The lowest BCUT2D eigenvalue weighted by molar-refractivity contribution is -0.136. The van der Waals surface area contributed by atoms with Gasteiger partial charge in [0.1, 0.15) is 23.3 Å². The van der Waals surface area contributed by atoms with E-state index in [0.717, 1.165) is 6.07 Å². The molecule has 0 unspecified atom stereocenters. The molecule has 4 nitrogen and oxygen atoms in total. The number of alkyl halides is 3. The van der Waals surface area contributed by atoms with Gasteiger partial charge >= 0.3 is 6.18 Å². The van der Waals surface area contributed by atoms with E-state index < -0.39 is 17.6 Å². The number of halogens is 4. The van der Waals surface area contributed by atoms with Gasteiger partial charge in [0, 0.05) is 11.8 Å². The van der Waals surface area contributed by atoms with Crippen LogP contribution in [-0.2, 0) is 6.18 Å². The molecule has 1 heterocycles. The maximum Gasteiger partial charge on any atom is 0.418 e. The van der Waals surface area contributed by atoms with Crippen LogP contribution in [0.25, 0.3) is 0 Å². The maximum absolute atomic E-state index is 13.3. The lowest BCUT2D eigenvalue weighted by Gasteiger charge is -2.15. The first-order chi connectivity index (χ1) is 12.3. The highest BCUT2D eigenvalue weighted by atomic mass is 19.4. The summed E-state index contributed by atoms with van der Waals surface area (Å²) in [5.74, 6) is 0.444. The van der Waals surface area contributed by atoms with Crippen LogP contribution >= 0.6 is 0 Å². The molecular formula is C18H14F4N4. The van der Waals surface area contributed by atoms with Crippen LogP contribution in [-0.4, -0.2) is 9.97 Å². The average Bonchev–Trinajstić information content (AvgIpc) is 2.54. The summed E-state index contributed by atoms with van der Waals surface area (Å²) in [5, 5.41) is 5.58. The van der Waals surface area contributed by atoms with Crippen molar-refractivity contribution in [2.75, 3.05) is 10.6 Å². The number of anilines is 4. The molecule has 0 saturated carbocycles. The third-order valence-corrected chi connectivity index (χ3v) is 3.43. The molecule has 0 fully saturated rings. The van der Waals surface area contributed by atoms with Gasteiger partial charge in [-0.15, -0.1) is 0 Å². The van der Waals surface area contributed by atoms with E-state index in [9.17, 15) is 17.6 Å². The Kier molecular flexibility index (Phi) is 4.75. The minimum Gasteiger partial charge on any atom is -0.340 e. The smallest absolute Gasteiger partial charge is 0.340 e. The zero-order chi connectivity index (χ0) is 18.7. The fourth-order valence-corrected chi connectivity index (χ4v) is 2.39. The van der Waals surface area contributed by atoms with Crippen molar-refractivity contribution in [2.45, 2.75) is 13.1 Å². The Labute approximate surface area is 146 Å². The first kappa shape index (κ1) is 17.7. The molecule has 0 aliphatic heterocycles. The lowest BCUT2D eigenvalue weighted by atomic mass is 10.1. The van der Waals surface area contributed by atoms with Crippen LogP contribution in [0.4, 0.5) is 40.6 Å². The van der Waals surface area contributed by atoms with Gasteiger partial charge in [-0.1, -0.05) is 18.2 Å². The number of aromatic nitrogens is 2. The predicted molar refractivity (Wildman–Crippen MR) is 91.2 cm³/mol. The van der Waals surface area contributed by atoms with Gasteiger partial charge in [-0.05, 0) is 37.3 Å². The molecule has 1 aromatic heterocycles. The maximum atomic E-state index is 13.3. The first-order valence-electron chi connectivity index (χ1n) is 7.63. The molecule has 0 atom stereocenters. The molecule has 3 aromatic rings. The highest BCUT2D eigenvalue weighted by Crippen LogP contribution is 2.35. The predicted octanol–water partition coefficient (Wildman–Crippen LogP) is 5.43. The number of para-hydroxylation sites is 1. The molecule has 0 radical (unpaired) electrons. The van der Waals surface area contributed by atoms with Crippen molar-refractivity contribution in [2.24, 2.45) is 0 Å². The van der Waals surface area contributed by atoms with Crippen LogP contribution in [0.15, 0.2) is 54.6 Å². The van der Waals surface area contributed by atoms with Crippen LogP contribution < -0.4 is 10.6 Å². The Morgan fingerprint density at radius 1 is 0.846 bits per heavy atom. The van der Waals surface area contributed by atoms with E-state index in [2.05, 4.69) is 20.6 Å². The Hall–Kier alpha value is -3.16. The summed E-state index contributed by atoms with van der Waals surface area (Å²) in [6.07, 6.45) is -4.49. The average molecular weight is 362 g/mol. The van der Waals surface area contributed by atoms with Crippen LogP contribution in [0.3, 0.4) is 0 Å². The summed E-state index contributed by atoms with van der Waals surface area (Å²) < 4.78 is 52.6. The number of aryl methyl sites for hydroxylation is 1. The second kappa shape index (κ2) is 6.99. The fourth-order valence-electron chi connectivity index (χ4n) is 2.39. The van der Waals surface area contributed by atoms with Crippen LogP contribution in [0.5, 0.6) is 0 Å². The quantitative estimate of drug-likeness (QED) is 0.608. The second-order valence-corrected chi connectivity index (χ2v) is 5.49. The largest absolute Gasteiger partial charge is 0.418 e. The Morgan fingerprint density at radius 2 is 1.54 bits per heavy atom. The van der Waals surface area contributed by atoms with E-state index in [1.54, 1.807) is 13.0 Å². The Bertz CT molecular complexity index is 925. The van der Waals surface area contributed by atoms with Gasteiger partial charge < -0.3 is 10.6 Å². The number of rotatable bonds is 4. The highest BCUT2D eigenvalue weighted by molar-refractivity contribution is 5.65. The molecule has 134 valence electrons. The first-order valence-corrected chi connectivity index (χ1v) is 7.63. The van der Waals surface area contributed by atoms with Crippen LogP contribution in [0, 0.1) is 12.7 Å². The summed E-state index contributed by atoms with van der Waals surface area (Å²) in [6, 6.07) is 12.3. The summed E-state index contributed by atoms with van der Waals surface area (Å²) in [4.78, 5) is 8.27. The third kappa shape index (κ3) is 4.27. The zero-order valence-corrected chi connectivity index (χ0v) is 13.6. The van der Waals surface area contributed by atoms with Gasteiger partial charge in [0.05, 0.1) is 11.3 Å². The van der Waals surface area contributed by atoms with Crippen molar-refractivity contribution >= 4 is 23.0 Å². The number of hydrogen-bond donors (Lipinski definition) is 2. The van der Waals surface area contributed by atoms with E-state index in [1.807, 2.05) is 0 Å². The monoisotopic (exact) mass is 362 g/mol. The van der Waals surface area contributed by atoms with Gasteiger partial charge in [-0.25, -0.2) is 14.4 Å². The minimum atomic E-state index is -4.49. The van der Waals surface area contributed by atoms with Crippen molar-refractivity contribution in [1.82, 2.24) is 9.97 Å². The summed E-state index contributed by atoms with van der Waals surface area (Å²) in [7, 11) is 0. The zero-order valence-electron chi connectivity index (χ0n) is 13.6. The molecule has 26 heavy (non-hydrogen) atoms. The molecule has 2 aromatic carbocycles. The van der Waals surface area contributed by atoms with Gasteiger partial charge in [0.25, 0.3) is 0 Å². The number of nitrogens with one attached hydrogen (secondary N) is 2. The van der Waals surface area contributed by atoms with E-state index >= 15 is 0 Å². The second-order valence-electron chi connectivity index (χ2n) is 5.49. The fraction of sp³-hybridized carbons (Fsp3) is 0.111. The van der Waals surface area contributed by atoms with E-state index in [-0.39, 0.29) is 11.5 Å². The van der Waals surface area contributed by atoms with Gasteiger partial charge in [0.2, 0.25) is 0 Å². The normalized spacial score (nSPS) is 11.3. The van der Waals surface area contributed by atoms with Crippen molar-refractivity contribution in [3.8, 4) is 0 Å². The van der Waals surface area contributed by atoms with Crippen LogP contribution in [0.2, 0.25) is 0 Å². The summed E-state index contributed by atoms with van der Waals surface area (Å²) >= 11 is 0. The van der Waals surface area contributed by atoms with Gasteiger partial charge in [-0.2, -0.15) is 13.2 Å². The molecule has 0 aliphatic carbocycles. The van der Waals surface area contributed by atoms with Crippen molar-refractivity contribution in [3.63, 3.8) is 0 Å². The summed E-state index contributed by atoms with van der Waals surface area (Å²) in [5.41, 5.74) is -0.449. The lowest BCUT2D eigenvalue weighted by Crippen LogP contribution is -2.09. The number of nitrogens with zero attached hydrogens (tertiary/aromatic N) is 2. The Morgan fingerprint density at radius 3 is 2.23 bits per heavy atom. The van der Waals surface area contributed by atoms with Crippen LogP contribution in [0.1, 0.15) is 11.4 Å². The summed E-state index contributed by atoms with van der Waals surface area (Å²) in [6.45, 7) is 1.61.